The van der Waals surface area contributed by atoms with Crippen molar-refractivity contribution in [3.63, 3.8) is 0 Å². The zero-order chi connectivity index (χ0) is 12.4. The van der Waals surface area contributed by atoms with E-state index in [1.165, 1.54) is 11.1 Å². The lowest BCUT2D eigenvalue weighted by Gasteiger charge is -2.30. The molecule has 0 fully saturated rings. The average molecular weight is 231 g/mol. The summed E-state index contributed by atoms with van der Waals surface area (Å²) in [5.41, 5.74) is 3.74. The number of nitrogens with zero attached hydrogens (tertiary/aromatic N) is 1. The summed E-state index contributed by atoms with van der Waals surface area (Å²) < 4.78 is 0. The minimum Gasteiger partial charge on any atom is -0.312 e. The van der Waals surface area contributed by atoms with E-state index in [1.54, 1.807) is 0 Å². The highest BCUT2D eigenvalue weighted by atomic mass is 16.2. The van der Waals surface area contributed by atoms with Crippen LogP contribution < -0.4 is 4.90 Å². The Hall–Kier alpha value is -1.31. The molecule has 1 aliphatic heterocycles. The van der Waals surface area contributed by atoms with Crippen LogP contribution in [-0.4, -0.2) is 12.5 Å². The maximum atomic E-state index is 12.2. The van der Waals surface area contributed by atoms with E-state index < -0.39 is 0 Å². The van der Waals surface area contributed by atoms with Crippen LogP contribution in [0.1, 0.15) is 37.8 Å². The average Bonchev–Trinajstić information content (AvgIpc) is 2.26. The number of fused-ring (bicyclic) bond motifs is 1. The Labute approximate surface area is 104 Å². The van der Waals surface area contributed by atoms with Crippen LogP contribution in [0.4, 0.5) is 5.69 Å². The number of hydrogen-bond acceptors (Lipinski definition) is 1. The van der Waals surface area contributed by atoms with Gasteiger partial charge in [0.25, 0.3) is 0 Å². The fourth-order valence-electron chi connectivity index (χ4n) is 2.44. The number of anilines is 1. The number of rotatable bonds is 2. The molecule has 0 aliphatic carbocycles. The lowest BCUT2D eigenvalue weighted by molar-refractivity contribution is -0.119. The van der Waals surface area contributed by atoms with Crippen LogP contribution in [0, 0.1) is 12.8 Å². The second kappa shape index (κ2) is 4.91. The summed E-state index contributed by atoms with van der Waals surface area (Å²) in [6.07, 6.45) is 2.83. The number of carbonyl (C=O) groups is 1. The molecular formula is C15H21NO. The summed E-state index contributed by atoms with van der Waals surface area (Å²) in [7, 11) is 0. The Morgan fingerprint density at radius 2 is 2.18 bits per heavy atom. The van der Waals surface area contributed by atoms with E-state index in [0.29, 0.717) is 12.3 Å². The molecule has 0 N–H and O–H groups in total. The molecule has 17 heavy (non-hydrogen) atoms. The number of hydrogen-bond donors (Lipinski definition) is 0. The molecule has 0 aromatic heterocycles. The molecule has 0 saturated heterocycles. The third-order valence-corrected chi connectivity index (χ3v) is 3.24. The Balaban J connectivity index is 2.25. The van der Waals surface area contributed by atoms with Gasteiger partial charge >= 0.3 is 0 Å². The molecule has 92 valence electrons. The summed E-state index contributed by atoms with van der Waals surface area (Å²) in [6, 6.07) is 6.41. The van der Waals surface area contributed by atoms with Crippen LogP contribution in [-0.2, 0) is 11.2 Å². The van der Waals surface area contributed by atoms with Crippen molar-refractivity contribution in [1.29, 1.82) is 0 Å². The Kier molecular flexibility index (Phi) is 3.51. The van der Waals surface area contributed by atoms with Crippen molar-refractivity contribution in [2.24, 2.45) is 5.92 Å². The lowest BCUT2D eigenvalue weighted by Crippen LogP contribution is -2.36. The van der Waals surface area contributed by atoms with E-state index in [1.807, 2.05) is 4.90 Å². The van der Waals surface area contributed by atoms with Gasteiger partial charge in [-0.25, -0.2) is 0 Å². The van der Waals surface area contributed by atoms with Gasteiger partial charge in [-0.1, -0.05) is 31.5 Å². The van der Waals surface area contributed by atoms with Gasteiger partial charge < -0.3 is 4.90 Å². The van der Waals surface area contributed by atoms with Gasteiger partial charge in [0, 0.05) is 18.7 Å². The second-order valence-corrected chi connectivity index (χ2v) is 5.38. The summed E-state index contributed by atoms with van der Waals surface area (Å²) in [6.45, 7) is 7.17. The fourth-order valence-corrected chi connectivity index (χ4v) is 2.44. The number of amides is 1. The monoisotopic (exact) mass is 231 g/mol. The normalized spacial score (nSPS) is 14.9. The first-order valence-electron chi connectivity index (χ1n) is 6.48. The lowest BCUT2D eigenvalue weighted by atomic mass is 9.98. The van der Waals surface area contributed by atoms with Crippen molar-refractivity contribution in [2.45, 2.75) is 40.0 Å². The predicted molar refractivity (Wildman–Crippen MR) is 71.3 cm³/mol. The van der Waals surface area contributed by atoms with E-state index in [-0.39, 0.29) is 5.91 Å². The molecule has 1 heterocycles. The van der Waals surface area contributed by atoms with Gasteiger partial charge in [0.05, 0.1) is 0 Å². The first kappa shape index (κ1) is 12.2. The summed E-state index contributed by atoms with van der Waals surface area (Å²) >= 11 is 0. The second-order valence-electron chi connectivity index (χ2n) is 5.38. The molecule has 2 rings (SSSR count). The van der Waals surface area contributed by atoms with Crippen LogP contribution in [0.2, 0.25) is 0 Å². The van der Waals surface area contributed by atoms with Gasteiger partial charge in [0.1, 0.15) is 0 Å². The topological polar surface area (TPSA) is 20.3 Å². The van der Waals surface area contributed by atoms with Gasteiger partial charge in [-0.2, -0.15) is 0 Å². The van der Waals surface area contributed by atoms with Crippen LogP contribution in [0.5, 0.6) is 0 Å². The molecule has 0 unspecified atom stereocenters. The molecule has 0 saturated carbocycles. The molecule has 2 heteroatoms. The van der Waals surface area contributed by atoms with Crippen molar-refractivity contribution in [1.82, 2.24) is 0 Å². The van der Waals surface area contributed by atoms with E-state index in [9.17, 15) is 4.79 Å². The molecule has 1 amide bonds. The van der Waals surface area contributed by atoms with Gasteiger partial charge in [-0.05, 0) is 37.3 Å². The molecule has 1 aromatic rings. The molecule has 0 bridgehead atoms. The number of carbonyl (C=O) groups excluding carboxylic acids is 1. The van der Waals surface area contributed by atoms with Gasteiger partial charge in [0.2, 0.25) is 5.91 Å². The van der Waals surface area contributed by atoms with Crippen LogP contribution in [0.3, 0.4) is 0 Å². The summed E-state index contributed by atoms with van der Waals surface area (Å²) in [4.78, 5) is 14.2. The van der Waals surface area contributed by atoms with E-state index in [0.717, 1.165) is 25.1 Å². The first-order chi connectivity index (χ1) is 8.08. The van der Waals surface area contributed by atoms with Crippen LogP contribution in [0.25, 0.3) is 0 Å². The van der Waals surface area contributed by atoms with Crippen LogP contribution >= 0.6 is 0 Å². The minimum atomic E-state index is 0.268. The van der Waals surface area contributed by atoms with E-state index >= 15 is 0 Å². The zero-order valence-electron chi connectivity index (χ0n) is 11.0. The number of aryl methyl sites for hydroxylation is 2. The first-order valence-corrected chi connectivity index (χ1v) is 6.48. The highest BCUT2D eigenvalue weighted by Gasteiger charge is 2.22. The van der Waals surface area contributed by atoms with Gasteiger partial charge in [-0.3, -0.25) is 4.79 Å². The largest absolute Gasteiger partial charge is 0.312 e. The van der Waals surface area contributed by atoms with Gasteiger partial charge in [0.15, 0.2) is 0 Å². The molecule has 0 spiro atoms. The van der Waals surface area contributed by atoms with E-state index in [4.69, 9.17) is 0 Å². The minimum absolute atomic E-state index is 0.268. The standard InChI is InChI=1S/C15H21NO/c1-11(2)9-15(17)16-8-4-5-13-10-12(3)6-7-14(13)16/h6-7,10-11H,4-5,8-9H2,1-3H3. The quantitative estimate of drug-likeness (QED) is 0.764. The predicted octanol–water partition coefficient (Wildman–Crippen LogP) is 3.32. The Morgan fingerprint density at radius 1 is 1.41 bits per heavy atom. The van der Waals surface area contributed by atoms with Crippen molar-refractivity contribution in [2.75, 3.05) is 11.4 Å². The molecule has 1 aliphatic rings. The van der Waals surface area contributed by atoms with Crippen molar-refractivity contribution >= 4 is 11.6 Å². The van der Waals surface area contributed by atoms with E-state index in [2.05, 4.69) is 39.0 Å². The maximum Gasteiger partial charge on any atom is 0.227 e. The smallest absolute Gasteiger partial charge is 0.227 e. The Bertz CT molecular complexity index is 423. The summed E-state index contributed by atoms with van der Waals surface area (Å²) in [5.74, 6) is 0.697. The fraction of sp³-hybridized carbons (Fsp3) is 0.533. The molecule has 0 radical (unpaired) electrons. The van der Waals surface area contributed by atoms with Crippen molar-refractivity contribution in [3.05, 3.63) is 29.3 Å². The molecule has 0 atom stereocenters. The molecular weight excluding hydrogens is 210 g/mol. The third-order valence-electron chi connectivity index (χ3n) is 3.24. The van der Waals surface area contributed by atoms with Gasteiger partial charge in [-0.15, -0.1) is 0 Å². The SMILES string of the molecule is Cc1ccc2c(c1)CCCN2C(=O)CC(C)C. The molecule has 2 nitrogen and oxygen atoms in total. The van der Waals surface area contributed by atoms with Crippen molar-refractivity contribution in [3.8, 4) is 0 Å². The van der Waals surface area contributed by atoms with Crippen LogP contribution in [0.15, 0.2) is 18.2 Å². The number of benzene rings is 1. The highest BCUT2D eigenvalue weighted by Crippen LogP contribution is 2.28. The zero-order valence-corrected chi connectivity index (χ0v) is 11.0. The Morgan fingerprint density at radius 3 is 2.88 bits per heavy atom. The summed E-state index contributed by atoms with van der Waals surface area (Å²) in [5, 5.41) is 0. The van der Waals surface area contributed by atoms with Crippen molar-refractivity contribution < 1.29 is 4.79 Å². The third kappa shape index (κ3) is 2.68. The maximum absolute atomic E-state index is 12.2. The molecule has 1 aromatic carbocycles. The highest BCUT2D eigenvalue weighted by molar-refractivity contribution is 5.94.